The van der Waals surface area contributed by atoms with Gasteiger partial charge in [0, 0.05) is 18.6 Å². The fourth-order valence-corrected chi connectivity index (χ4v) is 1.66. The fourth-order valence-electron chi connectivity index (χ4n) is 1.56. The van der Waals surface area contributed by atoms with Gasteiger partial charge in [-0.15, -0.1) is 0 Å². The molecule has 0 aromatic heterocycles. The number of hydrogen-bond acceptors (Lipinski definition) is 3. The fraction of sp³-hybridized carbons (Fsp3) is 0.818. The molecule has 4 nitrogen and oxygen atoms in total. The van der Waals surface area contributed by atoms with Gasteiger partial charge in [-0.3, -0.25) is 4.79 Å². The summed E-state index contributed by atoms with van der Waals surface area (Å²) in [6.07, 6.45) is 0.995. The van der Waals surface area contributed by atoms with E-state index in [4.69, 9.17) is 22.7 Å². The maximum Gasteiger partial charge on any atom is 0.232 e. The summed E-state index contributed by atoms with van der Waals surface area (Å²) in [7, 11) is 0. The van der Waals surface area contributed by atoms with Gasteiger partial charge in [-0.25, -0.2) is 0 Å². The van der Waals surface area contributed by atoms with Crippen LogP contribution in [0.5, 0.6) is 0 Å². The highest BCUT2D eigenvalue weighted by atomic mass is 32.1. The average molecular weight is 244 g/mol. The molecule has 3 N–H and O–H groups in total. The van der Waals surface area contributed by atoms with Crippen LogP contribution < -0.4 is 11.1 Å². The average Bonchev–Trinajstić information content (AvgIpc) is 2.69. The first-order valence-corrected chi connectivity index (χ1v) is 5.95. The molecule has 2 atom stereocenters. The van der Waals surface area contributed by atoms with Crippen molar-refractivity contribution >= 4 is 23.1 Å². The van der Waals surface area contributed by atoms with Gasteiger partial charge in [-0.1, -0.05) is 12.2 Å². The van der Waals surface area contributed by atoms with Crippen LogP contribution in [0.3, 0.4) is 0 Å². The first-order valence-electron chi connectivity index (χ1n) is 5.54. The molecular weight excluding hydrogens is 224 g/mol. The lowest BCUT2D eigenvalue weighted by Crippen LogP contribution is -2.49. The molecule has 1 amide bonds. The molecule has 0 radical (unpaired) electrons. The quantitative estimate of drug-likeness (QED) is 0.719. The molecule has 1 saturated heterocycles. The molecule has 0 aliphatic carbocycles. The van der Waals surface area contributed by atoms with Crippen molar-refractivity contribution in [2.75, 3.05) is 13.2 Å². The van der Waals surface area contributed by atoms with Crippen LogP contribution in [-0.2, 0) is 9.53 Å². The van der Waals surface area contributed by atoms with Crippen molar-refractivity contribution in [1.82, 2.24) is 5.32 Å². The topological polar surface area (TPSA) is 64.4 Å². The number of carbonyl (C=O) groups is 1. The molecule has 1 rings (SSSR count). The number of ether oxygens (including phenoxy) is 1. The second kappa shape index (κ2) is 5.10. The van der Waals surface area contributed by atoms with Gasteiger partial charge in [0.25, 0.3) is 0 Å². The summed E-state index contributed by atoms with van der Waals surface area (Å²) in [5.41, 5.74) is 4.76. The predicted molar refractivity (Wildman–Crippen MR) is 67.1 cm³/mol. The van der Waals surface area contributed by atoms with Crippen LogP contribution >= 0.6 is 12.2 Å². The standard InChI is InChI=1S/C11H20N2O2S/c1-7(8-4-5-15-6-8)13-10(14)11(2,3)9(12)16/h7-8H,4-6H2,1-3H3,(H2,12,16)(H,13,14). The highest BCUT2D eigenvalue weighted by Crippen LogP contribution is 2.20. The highest BCUT2D eigenvalue weighted by Gasteiger charge is 2.33. The summed E-state index contributed by atoms with van der Waals surface area (Å²) < 4.78 is 5.29. The van der Waals surface area contributed by atoms with E-state index in [0.717, 1.165) is 19.6 Å². The van der Waals surface area contributed by atoms with Crippen molar-refractivity contribution < 1.29 is 9.53 Å². The van der Waals surface area contributed by atoms with E-state index in [2.05, 4.69) is 5.32 Å². The molecule has 5 heteroatoms. The van der Waals surface area contributed by atoms with E-state index in [9.17, 15) is 4.79 Å². The molecule has 0 aromatic carbocycles. The van der Waals surface area contributed by atoms with E-state index in [1.807, 2.05) is 6.92 Å². The van der Waals surface area contributed by atoms with E-state index >= 15 is 0 Å². The minimum absolute atomic E-state index is 0.101. The first-order chi connectivity index (χ1) is 7.35. The van der Waals surface area contributed by atoms with E-state index in [1.54, 1.807) is 13.8 Å². The highest BCUT2D eigenvalue weighted by molar-refractivity contribution is 7.80. The van der Waals surface area contributed by atoms with Crippen molar-refractivity contribution in [3.63, 3.8) is 0 Å². The van der Waals surface area contributed by atoms with Crippen molar-refractivity contribution in [2.24, 2.45) is 17.1 Å². The lowest BCUT2D eigenvalue weighted by atomic mass is 9.91. The minimum Gasteiger partial charge on any atom is -0.392 e. The zero-order valence-electron chi connectivity index (χ0n) is 10.1. The monoisotopic (exact) mass is 244 g/mol. The van der Waals surface area contributed by atoms with Crippen LogP contribution in [0.1, 0.15) is 27.2 Å². The van der Waals surface area contributed by atoms with Crippen LogP contribution in [0, 0.1) is 11.3 Å². The van der Waals surface area contributed by atoms with Crippen molar-refractivity contribution in [1.29, 1.82) is 0 Å². The maximum atomic E-state index is 12.0. The summed E-state index contributed by atoms with van der Waals surface area (Å²) in [5.74, 6) is 0.283. The van der Waals surface area contributed by atoms with Gasteiger partial charge in [-0.05, 0) is 27.2 Å². The summed E-state index contributed by atoms with van der Waals surface area (Å²) in [4.78, 5) is 12.2. The minimum atomic E-state index is -0.789. The number of thiocarbonyl (C=S) groups is 1. The Labute approximate surface area is 102 Å². The van der Waals surface area contributed by atoms with Crippen LogP contribution in [0.4, 0.5) is 0 Å². The number of rotatable bonds is 4. The molecule has 0 aromatic rings. The number of nitrogens with two attached hydrogens (primary N) is 1. The van der Waals surface area contributed by atoms with Crippen LogP contribution in [0.25, 0.3) is 0 Å². The Morgan fingerprint density at radius 2 is 2.25 bits per heavy atom. The SMILES string of the molecule is CC(NC(=O)C(C)(C)C(N)=S)C1CCOC1. The number of nitrogens with one attached hydrogen (secondary N) is 1. The molecule has 16 heavy (non-hydrogen) atoms. The zero-order valence-corrected chi connectivity index (χ0v) is 10.9. The van der Waals surface area contributed by atoms with E-state index < -0.39 is 5.41 Å². The number of hydrogen-bond donors (Lipinski definition) is 2. The normalized spacial score (nSPS) is 22.8. The Kier molecular flexibility index (Phi) is 4.27. The molecule has 0 bridgehead atoms. The first kappa shape index (κ1) is 13.4. The molecule has 2 unspecified atom stereocenters. The Morgan fingerprint density at radius 3 is 2.69 bits per heavy atom. The van der Waals surface area contributed by atoms with Crippen LogP contribution in [0.2, 0.25) is 0 Å². The molecule has 1 aliphatic heterocycles. The molecule has 92 valence electrons. The van der Waals surface area contributed by atoms with Gasteiger partial charge in [-0.2, -0.15) is 0 Å². The van der Waals surface area contributed by atoms with Gasteiger partial charge in [0.2, 0.25) is 5.91 Å². The van der Waals surface area contributed by atoms with Crippen molar-refractivity contribution in [2.45, 2.75) is 33.2 Å². The molecule has 0 saturated carbocycles. The third-order valence-electron chi connectivity index (χ3n) is 3.21. The summed E-state index contributed by atoms with van der Waals surface area (Å²) in [6.45, 7) is 6.97. The summed E-state index contributed by atoms with van der Waals surface area (Å²) in [6, 6.07) is 0.101. The number of carbonyl (C=O) groups excluding carboxylic acids is 1. The van der Waals surface area contributed by atoms with Gasteiger partial charge < -0.3 is 15.8 Å². The molecule has 1 fully saturated rings. The third kappa shape index (κ3) is 2.92. The van der Waals surface area contributed by atoms with E-state index in [1.165, 1.54) is 0 Å². The Morgan fingerprint density at radius 1 is 1.62 bits per heavy atom. The van der Waals surface area contributed by atoms with Crippen molar-refractivity contribution in [3.8, 4) is 0 Å². The van der Waals surface area contributed by atoms with Crippen LogP contribution in [-0.4, -0.2) is 30.2 Å². The van der Waals surface area contributed by atoms with Crippen molar-refractivity contribution in [3.05, 3.63) is 0 Å². The van der Waals surface area contributed by atoms with Crippen LogP contribution in [0.15, 0.2) is 0 Å². The lowest BCUT2D eigenvalue weighted by molar-refractivity contribution is -0.127. The molecule has 1 aliphatic rings. The third-order valence-corrected chi connectivity index (χ3v) is 3.72. The predicted octanol–water partition coefficient (Wildman–Crippen LogP) is 0.840. The zero-order chi connectivity index (χ0) is 12.3. The smallest absolute Gasteiger partial charge is 0.232 e. The second-order valence-electron chi connectivity index (χ2n) is 4.88. The maximum absolute atomic E-state index is 12.0. The second-order valence-corrected chi connectivity index (χ2v) is 5.31. The van der Waals surface area contributed by atoms with E-state index in [-0.39, 0.29) is 16.9 Å². The molecular formula is C11H20N2O2S. The lowest BCUT2D eigenvalue weighted by Gasteiger charge is -2.26. The van der Waals surface area contributed by atoms with Gasteiger partial charge in [0.15, 0.2) is 0 Å². The number of amides is 1. The van der Waals surface area contributed by atoms with Gasteiger partial charge in [0.1, 0.15) is 0 Å². The van der Waals surface area contributed by atoms with Gasteiger partial charge in [0.05, 0.1) is 17.0 Å². The Hall–Kier alpha value is -0.680. The summed E-state index contributed by atoms with van der Waals surface area (Å²) in [5, 5.41) is 2.96. The molecule has 1 heterocycles. The Balaban J connectivity index is 2.53. The Bertz CT molecular complexity index is 286. The summed E-state index contributed by atoms with van der Waals surface area (Å²) >= 11 is 4.89. The van der Waals surface area contributed by atoms with E-state index in [0.29, 0.717) is 5.92 Å². The molecule has 0 spiro atoms. The largest absolute Gasteiger partial charge is 0.392 e. The van der Waals surface area contributed by atoms with Gasteiger partial charge >= 0.3 is 0 Å².